The number of phosphoric acid groups is 1. The number of para-hydroxylation sites is 2. The van der Waals surface area contributed by atoms with Crippen LogP contribution in [-0.4, -0.2) is 33.3 Å². The highest BCUT2D eigenvalue weighted by molar-refractivity contribution is 7.47. The lowest BCUT2D eigenvalue weighted by atomic mass is 10.3. The van der Waals surface area contributed by atoms with E-state index in [9.17, 15) is 9.46 Å². The maximum absolute atomic E-state index is 12.0. The molecular formula is C16H19O10P. The van der Waals surface area contributed by atoms with E-state index in [0.717, 1.165) is 0 Å². The molecule has 2 rings (SSSR count). The minimum absolute atomic E-state index is 0.00585. The topological polar surface area (TPSA) is 111 Å². The average Bonchev–Trinajstić information content (AvgIpc) is 2.69. The van der Waals surface area contributed by atoms with E-state index in [1.807, 2.05) is 0 Å². The number of methoxy groups -OCH3 is 4. The van der Waals surface area contributed by atoms with Crippen LogP contribution in [0, 0.1) is 0 Å². The minimum Gasteiger partial charge on any atom is -0.493 e. The van der Waals surface area contributed by atoms with Crippen LogP contribution >= 0.6 is 7.82 Å². The molecule has 0 aromatic heterocycles. The van der Waals surface area contributed by atoms with Crippen LogP contribution < -0.4 is 28.7 Å². The van der Waals surface area contributed by atoms with Crippen molar-refractivity contribution in [1.29, 1.82) is 0 Å². The van der Waals surface area contributed by atoms with Crippen molar-refractivity contribution in [3.8, 4) is 34.5 Å². The molecule has 0 bridgehead atoms. The normalized spacial score (nSPS) is 10.9. The molecule has 10 nitrogen and oxygen atoms in total. The Hall–Kier alpha value is -2.65. The summed E-state index contributed by atoms with van der Waals surface area (Å²) < 4.78 is 41.3. The van der Waals surface area contributed by atoms with E-state index in [4.69, 9.17) is 28.7 Å². The third-order valence-corrected chi connectivity index (χ3v) is 3.70. The molecule has 0 amide bonds. The van der Waals surface area contributed by atoms with Crippen LogP contribution in [0.5, 0.6) is 34.5 Å². The molecule has 0 aliphatic rings. The van der Waals surface area contributed by atoms with Gasteiger partial charge in [0.1, 0.15) is 0 Å². The Kier molecular flexibility index (Phi) is 7.14. The van der Waals surface area contributed by atoms with E-state index in [0.29, 0.717) is 11.5 Å². The van der Waals surface area contributed by atoms with Gasteiger partial charge in [0.05, 0.1) is 28.4 Å². The molecule has 0 unspecified atom stereocenters. The molecule has 0 atom stereocenters. The highest BCUT2D eigenvalue weighted by Gasteiger charge is 2.29. The van der Waals surface area contributed by atoms with Crippen LogP contribution in [0.3, 0.4) is 0 Å². The van der Waals surface area contributed by atoms with Gasteiger partial charge < -0.3 is 28.7 Å². The molecule has 0 saturated heterocycles. The van der Waals surface area contributed by atoms with Gasteiger partial charge in [0, 0.05) is 0 Å². The van der Waals surface area contributed by atoms with E-state index < -0.39 is 7.82 Å². The Morgan fingerprint density at radius 1 is 0.667 bits per heavy atom. The first kappa shape index (κ1) is 20.7. The molecule has 0 radical (unpaired) electrons. The van der Waals surface area contributed by atoms with Crippen molar-refractivity contribution < 1.29 is 47.5 Å². The van der Waals surface area contributed by atoms with Gasteiger partial charge in [-0.3, -0.25) is 4.89 Å². The zero-order valence-electron chi connectivity index (χ0n) is 15.0. The second-order valence-electron chi connectivity index (χ2n) is 4.77. The maximum atomic E-state index is 12.0. The van der Waals surface area contributed by atoms with E-state index in [-0.39, 0.29) is 23.0 Å². The van der Waals surface area contributed by atoms with Crippen molar-refractivity contribution in [3.63, 3.8) is 0 Å². The molecular weight excluding hydrogens is 383 g/mol. The zero-order valence-corrected chi connectivity index (χ0v) is 15.9. The molecule has 0 aliphatic heterocycles. The van der Waals surface area contributed by atoms with Crippen molar-refractivity contribution >= 4 is 7.82 Å². The molecule has 0 saturated carbocycles. The predicted molar refractivity (Wildman–Crippen MR) is 92.3 cm³/mol. The summed E-state index contributed by atoms with van der Waals surface area (Å²) in [4.78, 5) is 19.4. The molecule has 1 N–H and O–H groups in total. The predicted octanol–water partition coefficient (Wildman–Crippen LogP) is 3.14. The third kappa shape index (κ3) is 5.18. The van der Waals surface area contributed by atoms with E-state index in [1.54, 1.807) is 24.3 Å². The fraction of sp³-hybridized carbons (Fsp3) is 0.250. The molecule has 148 valence electrons. The second-order valence-corrected chi connectivity index (χ2v) is 6.00. The summed E-state index contributed by atoms with van der Waals surface area (Å²) >= 11 is 0. The first-order chi connectivity index (χ1) is 13.0. The van der Waals surface area contributed by atoms with Crippen molar-refractivity contribution in [3.05, 3.63) is 36.4 Å². The highest BCUT2D eigenvalue weighted by atomic mass is 31.2. The van der Waals surface area contributed by atoms with Gasteiger partial charge in [-0.05, 0) is 24.3 Å². The number of rotatable bonds is 10. The summed E-state index contributed by atoms with van der Waals surface area (Å²) in [6.45, 7) is 0. The first-order valence-corrected chi connectivity index (χ1v) is 8.92. The Morgan fingerprint density at radius 3 is 1.37 bits per heavy atom. The van der Waals surface area contributed by atoms with Crippen LogP contribution in [0.1, 0.15) is 0 Å². The molecule has 0 fully saturated rings. The highest BCUT2D eigenvalue weighted by Crippen LogP contribution is 2.47. The van der Waals surface area contributed by atoms with Crippen LogP contribution in [-0.2, 0) is 13.9 Å². The van der Waals surface area contributed by atoms with Crippen molar-refractivity contribution in [2.45, 2.75) is 0 Å². The summed E-state index contributed by atoms with van der Waals surface area (Å²) in [5, 5.41) is 0. The lowest BCUT2D eigenvalue weighted by Gasteiger charge is -2.15. The van der Waals surface area contributed by atoms with Gasteiger partial charge in [-0.15, -0.1) is 0 Å². The van der Waals surface area contributed by atoms with Crippen molar-refractivity contribution in [2.75, 3.05) is 28.4 Å². The van der Waals surface area contributed by atoms with Crippen LogP contribution in [0.15, 0.2) is 36.4 Å². The Labute approximate surface area is 155 Å². The van der Waals surface area contributed by atoms with Crippen LogP contribution in [0.2, 0.25) is 0 Å². The van der Waals surface area contributed by atoms with Gasteiger partial charge in [-0.25, -0.2) is 4.57 Å². The summed E-state index contributed by atoms with van der Waals surface area (Å²) in [6, 6.07) is 9.24. The maximum Gasteiger partial charge on any atom is 0.544 e. The standard InChI is InChI=1S/C16H19O10P/c1-19-11-7-5-9-13(15(11)21-3)23-25-27(17,18)26-24-14-10-6-8-12(20-2)16(14)22-4/h5-10H,1-4H3,(H,17,18). The monoisotopic (exact) mass is 402 g/mol. The van der Waals surface area contributed by atoms with Gasteiger partial charge in [-0.2, -0.15) is 0 Å². The van der Waals surface area contributed by atoms with E-state index in [2.05, 4.69) is 9.35 Å². The largest absolute Gasteiger partial charge is 0.544 e. The minimum atomic E-state index is -4.77. The fourth-order valence-corrected chi connectivity index (χ4v) is 2.41. The van der Waals surface area contributed by atoms with Gasteiger partial charge in [-0.1, -0.05) is 21.5 Å². The fourth-order valence-electron chi connectivity index (χ4n) is 2.03. The van der Waals surface area contributed by atoms with Gasteiger partial charge >= 0.3 is 7.82 Å². The lowest BCUT2D eigenvalue weighted by molar-refractivity contribution is -0.189. The molecule has 2 aromatic rings. The molecule has 0 heterocycles. The Bertz CT molecular complexity index is 746. The van der Waals surface area contributed by atoms with E-state index >= 15 is 0 Å². The van der Waals surface area contributed by atoms with Gasteiger partial charge in [0.2, 0.25) is 23.0 Å². The molecule has 2 aromatic carbocycles. The zero-order chi connectivity index (χ0) is 19.9. The molecule has 27 heavy (non-hydrogen) atoms. The second kappa shape index (κ2) is 9.33. The van der Waals surface area contributed by atoms with Crippen LogP contribution in [0.4, 0.5) is 0 Å². The van der Waals surface area contributed by atoms with Gasteiger partial charge in [0.15, 0.2) is 11.5 Å². The SMILES string of the molecule is COc1cccc(OOP(=O)(O)OOc2cccc(OC)c2OC)c1OC. The smallest absolute Gasteiger partial charge is 0.493 e. The van der Waals surface area contributed by atoms with Crippen molar-refractivity contribution in [2.24, 2.45) is 0 Å². The number of hydrogen-bond acceptors (Lipinski definition) is 9. The summed E-state index contributed by atoms with van der Waals surface area (Å²) in [5.74, 6) is 0.988. The lowest BCUT2D eigenvalue weighted by Crippen LogP contribution is -2.04. The molecule has 11 heteroatoms. The summed E-state index contributed by atoms with van der Waals surface area (Å²) in [5.41, 5.74) is 0. The number of ether oxygens (including phenoxy) is 4. The van der Waals surface area contributed by atoms with Gasteiger partial charge in [0.25, 0.3) is 0 Å². The summed E-state index contributed by atoms with van der Waals surface area (Å²) in [6.07, 6.45) is 0. The Balaban J connectivity index is 2.06. The molecule has 0 aliphatic carbocycles. The first-order valence-electron chi connectivity index (χ1n) is 7.43. The summed E-state index contributed by atoms with van der Waals surface area (Å²) in [7, 11) is 0.834. The van der Waals surface area contributed by atoms with E-state index in [1.165, 1.54) is 40.6 Å². The van der Waals surface area contributed by atoms with Crippen LogP contribution in [0.25, 0.3) is 0 Å². The molecule has 0 spiro atoms. The van der Waals surface area contributed by atoms with Crippen molar-refractivity contribution in [1.82, 2.24) is 0 Å². The Morgan fingerprint density at radius 2 is 1.04 bits per heavy atom. The average molecular weight is 402 g/mol. The quantitative estimate of drug-likeness (QED) is 0.361. The number of hydrogen-bond donors (Lipinski definition) is 1. The third-order valence-electron chi connectivity index (χ3n) is 3.18. The number of benzene rings is 2.